The first kappa shape index (κ1) is 19.4. The zero-order valence-corrected chi connectivity index (χ0v) is 17.0. The van der Waals surface area contributed by atoms with E-state index in [4.69, 9.17) is 23.2 Å². The first-order valence-electron chi connectivity index (χ1n) is 8.88. The zero-order chi connectivity index (χ0) is 20.4. The van der Waals surface area contributed by atoms with Crippen molar-refractivity contribution in [2.45, 2.75) is 5.92 Å². The van der Waals surface area contributed by atoms with E-state index in [9.17, 15) is 5.11 Å². The van der Waals surface area contributed by atoms with Crippen molar-refractivity contribution in [3.05, 3.63) is 76.3 Å². The maximum Gasteiger partial charge on any atom is 0.228 e. The van der Waals surface area contributed by atoms with Gasteiger partial charge in [0.15, 0.2) is 0 Å². The van der Waals surface area contributed by atoms with Crippen molar-refractivity contribution in [2.24, 2.45) is 7.05 Å². The fourth-order valence-corrected chi connectivity index (χ4v) is 3.56. The standard InChI is InChI=1S/C20H18Cl2N6O/c1-28-18(6-8-25-28)26-20-24-10-16(22)19(27-20)13-5-4-12(21)9-14(13)15(11-29)17-3-2-7-23-17/h2-10,15,23,29H,11H2,1H3,(H,24,26,27). The number of aliphatic hydroxyl groups excluding tert-OH is 1. The first-order valence-corrected chi connectivity index (χ1v) is 9.64. The van der Waals surface area contributed by atoms with Crippen LogP contribution in [0.15, 0.2) is 55.0 Å². The van der Waals surface area contributed by atoms with E-state index in [0.717, 1.165) is 22.6 Å². The van der Waals surface area contributed by atoms with Gasteiger partial charge in [-0.3, -0.25) is 4.68 Å². The summed E-state index contributed by atoms with van der Waals surface area (Å²) in [5.74, 6) is 0.821. The van der Waals surface area contributed by atoms with Gasteiger partial charge in [-0.2, -0.15) is 5.10 Å². The molecule has 0 saturated carbocycles. The van der Waals surface area contributed by atoms with Crippen LogP contribution >= 0.6 is 23.2 Å². The van der Waals surface area contributed by atoms with E-state index in [-0.39, 0.29) is 12.5 Å². The van der Waals surface area contributed by atoms with Gasteiger partial charge in [0.1, 0.15) is 5.82 Å². The highest BCUT2D eigenvalue weighted by molar-refractivity contribution is 6.33. The van der Waals surface area contributed by atoms with Gasteiger partial charge in [-0.05, 0) is 29.8 Å². The van der Waals surface area contributed by atoms with Crippen LogP contribution in [0.2, 0.25) is 10.0 Å². The number of aliphatic hydroxyl groups is 1. The maximum absolute atomic E-state index is 10.1. The predicted octanol–water partition coefficient (Wildman–Crippen LogP) is 4.38. The molecular weight excluding hydrogens is 411 g/mol. The van der Waals surface area contributed by atoms with Crippen LogP contribution in [0.3, 0.4) is 0 Å². The molecule has 1 unspecified atom stereocenters. The van der Waals surface area contributed by atoms with Crippen molar-refractivity contribution in [1.29, 1.82) is 0 Å². The number of hydrogen-bond donors (Lipinski definition) is 3. The fraction of sp³-hybridized carbons (Fsp3) is 0.150. The van der Waals surface area contributed by atoms with Gasteiger partial charge in [0.2, 0.25) is 5.95 Å². The molecule has 4 aromatic rings. The van der Waals surface area contributed by atoms with Gasteiger partial charge >= 0.3 is 0 Å². The quantitative estimate of drug-likeness (QED) is 0.423. The fourth-order valence-electron chi connectivity index (χ4n) is 3.19. The second kappa shape index (κ2) is 8.24. The van der Waals surface area contributed by atoms with Crippen LogP contribution in [-0.2, 0) is 7.05 Å². The highest BCUT2D eigenvalue weighted by atomic mass is 35.5. The van der Waals surface area contributed by atoms with Crippen molar-refractivity contribution >= 4 is 35.0 Å². The summed E-state index contributed by atoms with van der Waals surface area (Å²) in [5.41, 5.74) is 3.00. The van der Waals surface area contributed by atoms with Gasteiger partial charge in [-0.15, -0.1) is 0 Å². The van der Waals surface area contributed by atoms with Gasteiger partial charge < -0.3 is 15.4 Å². The Morgan fingerprint density at radius 3 is 2.79 bits per heavy atom. The van der Waals surface area contributed by atoms with Crippen molar-refractivity contribution in [3.63, 3.8) is 0 Å². The molecule has 0 radical (unpaired) electrons. The van der Waals surface area contributed by atoms with E-state index in [1.807, 2.05) is 43.6 Å². The SMILES string of the molecule is Cn1nccc1Nc1ncc(Cl)c(-c2ccc(Cl)cc2C(CO)c2ccc[nH]2)n1. The molecule has 0 bridgehead atoms. The molecule has 3 N–H and O–H groups in total. The van der Waals surface area contributed by atoms with E-state index < -0.39 is 0 Å². The minimum atomic E-state index is -0.307. The van der Waals surface area contributed by atoms with Crippen LogP contribution in [0, 0.1) is 0 Å². The number of nitrogens with zero attached hydrogens (tertiary/aromatic N) is 4. The summed E-state index contributed by atoms with van der Waals surface area (Å²) < 4.78 is 1.68. The Bertz CT molecular complexity index is 1130. The molecule has 0 aliphatic carbocycles. The number of anilines is 2. The van der Waals surface area contributed by atoms with Crippen molar-refractivity contribution < 1.29 is 5.11 Å². The molecule has 0 amide bonds. The summed E-state index contributed by atoms with van der Waals surface area (Å²) in [6.07, 6.45) is 5.04. The van der Waals surface area contributed by atoms with Crippen LogP contribution < -0.4 is 5.32 Å². The Kier molecular flexibility index (Phi) is 5.53. The van der Waals surface area contributed by atoms with Gasteiger partial charge in [-0.1, -0.05) is 29.3 Å². The lowest BCUT2D eigenvalue weighted by molar-refractivity contribution is 0.279. The molecule has 29 heavy (non-hydrogen) atoms. The topological polar surface area (TPSA) is 91.6 Å². The summed E-state index contributed by atoms with van der Waals surface area (Å²) in [6.45, 7) is -0.101. The number of aryl methyl sites for hydroxylation is 1. The normalized spacial score (nSPS) is 12.1. The Hall–Kier alpha value is -2.87. The summed E-state index contributed by atoms with van der Waals surface area (Å²) >= 11 is 12.7. The highest BCUT2D eigenvalue weighted by Crippen LogP contribution is 2.37. The van der Waals surface area contributed by atoms with Crippen LogP contribution in [-0.4, -0.2) is 36.4 Å². The lowest BCUT2D eigenvalue weighted by Crippen LogP contribution is -2.09. The van der Waals surface area contributed by atoms with Crippen LogP contribution in [0.1, 0.15) is 17.2 Å². The third kappa shape index (κ3) is 3.98. The highest BCUT2D eigenvalue weighted by Gasteiger charge is 2.21. The van der Waals surface area contributed by atoms with E-state index in [1.54, 1.807) is 23.1 Å². The number of hydrogen-bond acceptors (Lipinski definition) is 5. The van der Waals surface area contributed by atoms with Crippen molar-refractivity contribution in [1.82, 2.24) is 24.7 Å². The molecule has 0 saturated heterocycles. The maximum atomic E-state index is 10.1. The van der Waals surface area contributed by atoms with Crippen LogP contribution in [0.25, 0.3) is 11.3 Å². The van der Waals surface area contributed by atoms with Crippen molar-refractivity contribution in [2.75, 3.05) is 11.9 Å². The molecule has 148 valence electrons. The Labute approximate surface area is 177 Å². The number of halogens is 2. The molecule has 7 nitrogen and oxygen atoms in total. The molecule has 0 spiro atoms. The molecule has 1 aromatic carbocycles. The molecular formula is C20H18Cl2N6O. The molecule has 0 aliphatic rings. The first-order chi connectivity index (χ1) is 14.1. The summed E-state index contributed by atoms with van der Waals surface area (Å²) in [4.78, 5) is 12.0. The third-order valence-corrected chi connectivity index (χ3v) is 5.14. The largest absolute Gasteiger partial charge is 0.395 e. The Morgan fingerprint density at radius 2 is 2.10 bits per heavy atom. The number of benzene rings is 1. The molecule has 0 fully saturated rings. The lowest BCUT2D eigenvalue weighted by Gasteiger charge is -2.19. The van der Waals surface area contributed by atoms with E-state index in [1.165, 1.54) is 0 Å². The zero-order valence-electron chi connectivity index (χ0n) is 15.5. The summed E-state index contributed by atoms with van der Waals surface area (Å²) in [5, 5.41) is 18.3. The molecule has 9 heteroatoms. The van der Waals surface area contributed by atoms with Crippen LogP contribution in [0.5, 0.6) is 0 Å². The summed E-state index contributed by atoms with van der Waals surface area (Å²) in [6, 6.07) is 11.1. The number of rotatable bonds is 6. The molecule has 3 aromatic heterocycles. The van der Waals surface area contributed by atoms with Gasteiger partial charge in [0, 0.05) is 41.5 Å². The minimum Gasteiger partial charge on any atom is -0.395 e. The predicted molar refractivity (Wildman–Crippen MR) is 114 cm³/mol. The molecule has 1 atom stereocenters. The number of nitrogens with one attached hydrogen (secondary N) is 2. The molecule has 3 heterocycles. The van der Waals surface area contributed by atoms with E-state index >= 15 is 0 Å². The Morgan fingerprint density at radius 1 is 1.24 bits per heavy atom. The smallest absolute Gasteiger partial charge is 0.228 e. The third-order valence-electron chi connectivity index (χ3n) is 4.63. The van der Waals surface area contributed by atoms with Gasteiger partial charge in [-0.25, -0.2) is 9.97 Å². The second-order valence-electron chi connectivity index (χ2n) is 6.45. The number of H-pyrrole nitrogens is 1. The van der Waals surface area contributed by atoms with Crippen LogP contribution in [0.4, 0.5) is 11.8 Å². The summed E-state index contributed by atoms with van der Waals surface area (Å²) in [7, 11) is 1.82. The average molecular weight is 429 g/mol. The van der Waals surface area contributed by atoms with Crippen molar-refractivity contribution in [3.8, 4) is 11.3 Å². The van der Waals surface area contributed by atoms with Gasteiger partial charge in [0.05, 0.1) is 29.7 Å². The number of aromatic amines is 1. The van der Waals surface area contributed by atoms with E-state index in [2.05, 4.69) is 25.4 Å². The minimum absolute atomic E-state index is 0.101. The monoisotopic (exact) mass is 428 g/mol. The number of aromatic nitrogens is 5. The molecule has 4 rings (SSSR count). The second-order valence-corrected chi connectivity index (χ2v) is 7.29. The molecule has 0 aliphatic heterocycles. The van der Waals surface area contributed by atoms with Gasteiger partial charge in [0.25, 0.3) is 0 Å². The average Bonchev–Trinajstić information content (AvgIpc) is 3.37. The Balaban J connectivity index is 1.80. The van der Waals surface area contributed by atoms with E-state index in [0.29, 0.717) is 21.7 Å². The lowest BCUT2D eigenvalue weighted by atomic mass is 9.90.